The number of hydroxylamine groups is 2. The number of nitrogens with one attached hydrogen (secondary N) is 1. The van der Waals surface area contributed by atoms with Gasteiger partial charge in [0.15, 0.2) is 23.2 Å². The van der Waals surface area contributed by atoms with Crippen LogP contribution in [0.15, 0.2) is 52.7 Å². The third kappa shape index (κ3) is 4.63. The van der Waals surface area contributed by atoms with E-state index in [1.165, 1.54) is 18.2 Å². The van der Waals surface area contributed by atoms with Crippen molar-refractivity contribution < 1.29 is 23.8 Å². The van der Waals surface area contributed by atoms with Crippen molar-refractivity contribution in [3.05, 3.63) is 69.5 Å². The highest BCUT2D eigenvalue weighted by molar-refractivity contribution is 6.33. The van der Waals surface area contributed by atoms with Gasteiger partial charge in [-0.3, -0.25) is 10.2 Å². The quantitative estimate of drug-likeness (QED) is 0.447. The van der Waals surface area contributed by atoms with Gasteiger partial charge in [-0.1, -0.05) is 29.8 Å². The number of amidine groups is 2. The average molecular weight is 482 g/mol. The lowest BCUT2D eigenvalue weighted by atomic mass is 10.1. The van der Waals surface area contributed by atoms with E-state index in [1.807, 2.05) is 32.0 Å². The number of amides is 1. The molecular formula is C25H24ClN3O5. The number of hydrogen-bond acceptors (Lipinski definition) is 6. The number of carbonyl (C=O) groups is 1. The number of allylic oxidation sites excluding steroid dienone is 1. The number of para-hydroxylation sites is 1. The number of rotatable bonds is 7. The molecule has 0 spiro atoms. The molecule has 2 aliphatic rings. The van der Waals surface area contributed by atoms with Gasteiger partial charge in [0.1, 0.15) is 24.7 Å². The van der Waals surface area contributed by atoms with Crippen LogP contribution in [-0.2, 0) is 9.63 Å². The molecule has 176 valence electrons. The van der Waals surface area contributed by atoms with Gasteiger partial charge in [0.05, 0.1) is 17.7 Å². The number of benzene rings is 2. The molecule has 2 aliphatic heterocycles. The van der Waals surface area contributed by atoms with E-state index in [-0.39, 0.29) is 23.9 Å². The van der Waals surface area contributed by atoms with Crippen LogP contribution in [0.25, 0.3) is 6.08 Å². The van der Waals surface area contributed by atoms with E-state index >= 15 is 0 Å². The number of aliphatic imine (C=N–C) groups is 1. The number of hydrogen-bond donors (Lipinski definition) is 1. The molecule has 2 aromatic rings. The van der Waals surface area contributed by atoms with Crippen molar-refractivity contribution in [3.8, 4) is 17.2 Å². The summed E-state index contributed by atoms with van der Waals surface area (Å²) in [6.07, 6.45) is 3.11. The summed E-state index contributed by atoms with van der Waals surface area (Å²) in [7, 11) is 1.50. The number of aryl methyl sites for hydroxylation is 2. The van der Waals surface area contributed by atoms with Crippen LogP contribution in [0, 0.1) is 19.3 Å². The molecule has 1 N–H and O–H groups in total. The highest BCUT2D eigenvalue weighted by Gasteiger charge is 2.34. The molecule has 0 aliphatic carbocycles. The number of methoxy groups -OCH3 is 1. The van der Waals surface area contributed by atoms with Crippen LogP contribution in [-0.4, -0.2) is 43.0 Å². The Balaban J connectivity index is 1.49. The van der Waals surface area contributed by atoms with Crippen LogP contribution < -0.4 is 14.2 Å². The predicted molar refractivity (Wildman–Crippen MR) is 130 cm³/mol. The third-order valence-electron chi connectivity index (χ3n) is 5.23. The molecule has 0 bridgehead atoms. The minimum Gasteiger partial charge on any atom is -0.493 e. The standard InChI is InChI=1S/C25H24ClN3O5/c1-14-6-5-7-15(2)22(14)32-8-9-33-23-19(26)12-17(13-20(23)31-4)11-18-24(27)29-21(28-25(18)30)10-16(3)34-29/h5-7,10-13,27H,8-9H2,1-4H3/b18-11-,27-24?. The molecule has 34 heavy (non-hydrogen) atoms. The summed E-state index contributed by atoms with van der Waals surface area (Å²) in [6.45, 7) is 6.29. The SMILES string of the molecule is COc1cc(/C=C2/C(=N)N3OC(C)=CC3=NC2=O)cc(Cl)c1OCCOc1c(C)cccc1C. The molecule has 8 nitrogen and oxygen atoms in total. The first-order chi connectivity index (χ1) is 16.3. The van der Waals surface area contributed by atoms with Crippen LogP contribution in [0.5, 0.6) is 17.2 Å². The molecule has 2 heterocycles. The highest BCUT2D eigenvalue weighted by atomic mass is 35.5. The van der Waals surface area contributed by atoms with Gasteiger partial charge in [-0.15, -0.1) is 5.06 Å². The van der Waals surface area contributed by atoms with Crippen molar-refractivity contribution in [1.29, 1.82) is 5.41 Å². The summed E-state index contributed by atoms with van der Waals surface area (Å²) < 4.78 is 17.2. The van der Waals surface area contributed by atoms with Gasteiger partial charge < -0.3 is 19.0 Å². The number of nitrogens with zero attached hydrogens (tertiary/aromatic N) is 2. The monoisotopic (exact) mass is 481 g/mol. The maximum absolute atomic E-state index is 12.5. The second-order valence-corrected chi connectivity index (χ2v) is 8.18. The first-order valence-corrected chi connectivity index (χ1v) is 11.0. The molecule has 0 saturated heterocycles. The van der Waals surface area contributed by atoms with Crippen LogP contribution in [0.1, 0.15) is 23.6 Å². The number of carbonyl (C=O) groups excluding carboxylic acids is 1. The Morgan fingerprint density at radius 1 is 1.12 bits per heavy atom. The van der Waals surface area contributed by atoms with Gasteiger partial charge in [0, 0.05) is 6.08 Å². The molecule has 0 radical (unpaired) electrons. The minimum absolute atomic E-state index is 0.0700. The van der Waals surface area contributed by atoms with Gasteiger partial charge in [-0.2, -0.15) is 4.99 Å². The zero-order valence-corrected chi connectivity index (χ0v) is 20.0. The largest absolute Gasteiger partial charge is 0.493 e. The van der Waals surface area contributed by atoms with Crippen LogP contribution in [0.4, 0.5) is 0 Å². The number of halogens is 1. The lowest BCUT2D eigenvalue weighted by Crippen LogP contribution is -2.38. The van der Waals surface area contributed by atoms with Gasteiger partial charge in [0.2, 0.25) is 0 Å². The zero-order valence-electron chi connectivity index (χ0n) is 19.3. The molecule has 2 aromatic carbocycles. The topological polar surface area (TPSA) is 93.4 Å². The van der Waals surface area contributed by atoms with E-state index in [0.29, 0.717) is 34.5 Å². The molecule has 0 saturated carbocycles. The molecule has 0 atom stereocenters. The molecule has 0 fully saturated rings. The molecule has 0 aromatic heterocycles. The lowest BCUT2D eigenvalue weighted by Gasteiger charge is -2.23. The number of fused-ring (bicyclic) bond motifs is 1. The molecule has 1 amide bonds. The maximum atomic E-state index is 12.5. The maximum Gasteiger partial charge on any atom is 0.282 e. The molecule has 9 heteroatoms. The Morgan fingerprint density at radius 3 is 2.47 bits per heavy atom. The summed E-state index contributed by atoms with van der Waals surface area (Å²) in [5, 5.41) is 9.85. The van der Waals surface area contributed by atoms with Gasteiger partial charge >= 0.3 is 0 Å². The van der Waals surface area contributed by atoms with E-state index in [2.05, 4.69) is 4.99 Å². The zero-order chi connectivity index (χ0) is 24.4. The fourth-order valence-electron chi connectivity index (χ4n) is 3.64. The summed E-state index contributed by atoms with van der Waals surface area (Å²) in [5.74, 6) is 1.78. The van der Waals surface area contributed by atoms with Gasteiger partial charge in [-0.25, -0.2) is 0 Å². The van der Waals surface area contributed by atoms with Crippen molar-refractivity contribution in [2.45, 2.75) is 20.8 Å². The summed E-state index contributed by atoms with van der Waals surface area (Å²) >= 11 is 6.47. The Hall–Kier alpha value is -3.78. The second kappa shape index (κ2) is 9.61. The van der Waals surface area contributed by atoms with Gasteiger partial charge in [0.25, 0.3) is 5.91 Å². The van der Waals surface area contributed by atoms with Gasteiger partial charge in [-0.05, 0) is 55.7 Å². The van der Waals surface area contributed by atoms with Crippen LogP contribution >= 0.6 is 11.6 Å². The van der Waals surface area contributed by atoms with E-state index in [4.69, 9.17) is 36.1 Å². The summed E-state index contributed by atoms with van der Waals surface area (Å²) in [6, 6.07) is 9.28. The Bertz CT molecular complexity index is 1250. The minimum atomic E-state index is -0.537. The molecule has 0 unspecified atom stereocenters. The van der Waals surface area contributed by atoms with E-state index < -0.39 is 5.91 Å². The summed E-state index contributed by atoms with van der Waals surface area (Å²) in [4.78, 5) is 21.9. The van der Waals surface area contributed by atoms with Crippen molar-refractivity contribution in [1.82, 2.24) is 5.06 Å². The van der Waals surface area contributed by atoms with Crippen molar-refractivity contribution >= 4 is 35.3 Å². The van der Waals surface area contributed by atoms with E-state index in [1.54, 1.807) is 25.1 Å². The fourth-order valence-corrected chi connectivity index (χ4v) is 3.92. The molecular weight excluding hydrogens is 458 g/mol. The van der Waals surface area contributed by atoms with Crippen LogP contribution in [0.3, 0.4) is 0 Å². The third-order valence-corrected chi connectivity index (χ3v) is 5.51. The van der Waals surface area contributed by atoms with Crippen molar-refractivity contribution in [3.63, 3.8) is 0 Å². The first-order valence-electron chi connectivity index (χ1n) is 10.6. The number of ether oxygens (including phenoxy) is 3. The molecule has 4 rings (SSSR count). The Morgan fingerprint density at radius 2 is 1.79 bits per heavy atom. The fraction of sp³-hybridized carbons (Fsp3) is 0.240. The summed E-state index contributed by atoms with van der Waals surface area (Å²) in [5.41, 5.74) is 2.73. The second-order valence-electron chi connectivity index (χ2n) is 7.77. The highest BCUT2D eigenvalue weighted by Crippen LogP contribution is 2.37. The Labute approximate surface area is 202 Å². The lowest BCUT2D eigenvalue weighted by molar-refractivity contribution is -0.114. The van der Waals surface area contributed by atoms with Crippen LogP contribution in [0.2, 0.25) is 5.02 Å². The van der Waals surface area contributed by atoms with E-state index in [9.17, 15) is 4.79 Å². The predicted octanol–water partition coefficient (Wildman–Crippen LogP) is 4.87. The average Bonchev–Trinajstić information content (AvgIpc) is 3.16. The van der Waals surface area contributed by atoms with Crippen molar-refractivity contribution in [2.75, 3.05) is 20.3 Å². The first kappa shape index (κ1) is 23.4. The van der Waals surface area contributed by atoms with E-state index in [0.717, 1.165) is 16.9 Å². The van der Waals surface area contributed by atoms with Crippen molar-refractivity contribution in [2.24, 2.45) is 4.99 Å². The Kier molecular flexibility index (Phi) is 6.61. The smallest absolute Gasteiger partial charge is 0.282 e. The normalized spacial score (nSPS) is 16.1.